The van der Waals surface area contributed by atoms with Crippen LogP contribution in [0, 0.1) is 10.1 Å². The second kappa shape index (κ2) is 7.20. The van der Waals surface area contributed by atoms with Gasteiger partial charge >= 0.3 is 0 Å². The molecule has 5 nitrogen and oxygen atoms in total. The molecule has 0 N–H and O–H groups in total. The first-order valence-corrected chi connectivity index (χ1v) is 8.42. The number of piperidine rings is 1. The number of nitrogens with zero attached hydrogens (tertiary/aromatic N) is 3. The van der Waals surface area contributed by atoms with E-state index in [2.05, 4.69) is 9.80 Å². The predicted octanol–water partition coefficient (Wildman–Crippen LogP) is 2.70. The van der Waals surface area contributed by atoms with E-state index in [-0.39, 0.29) is 10.6 Å². The van der Waals surface area contributed by atoms with E-state index in [1.165, 1.54) is 57.4 Å². The molecule has 1 aromatic rings. The summed E-state index contributed by atoms with van der Waals surface area (Å²) in [5, 5.41) is 10.7. The van der Waals surface area contributed by atoms with Crippen molar-refractivity contribution in [3.05, 3.63) is 39.9 Å². The lowest BCUT2D eigenvalue weighted by Crippen LogP contribution is -2.44. The summed E-state index contributed by atoms with van der Waals surface area (Å²) in [6.07, 6.45) is 6.31. The van der Waals surface area contributed by atoms with Gasteiger partial charge in [0.2, 0.25) is 0 Å². The van der Waals surface area contributed by atoms with Gasteiger partial charge in [0.1, 0.15) is 0 Å². The number of rotatable bonds is 5. The third-order valence-corrected chi connectivity index (χ3v) is 5.08. The minimum Gasteiger partial charge on any atom is -0.303 e. The molecule has 2 fully saturated rings. The summed E-state index contributed by atoms with van der Waals surface area (Å²) < 4.78 is 0. The van der Waals surface area contributed by atoms with Gasteiger partial charge in [0, 0.05) is 24.7 Å². The highest BCUT2D eigenvalue weighted by molar-refractivity contribution is 5.32. The number of nitro groups is 1. The number of likely N-dealkylation sites (tertiary alicyclic amines) is 2. The average Bonchev–Trinajstić information content (AvgIpc) is 3.08. The first-order chi connectivity index (χ1) is 10.7. The normalized spacial score (nSPS) is 21.3. The third kappa shape index (κ3) is 3.84. The van der Waals surface area contributed by atoms with Crippen molar-refractivity contribution < 1.29 is 4.92 Å². The molecule has 2 aliphatic heterocycles. The number of hydrogen-bond acceptors (Lipinski definition) is 4. The van der Waals surface area contributed by atoms with Crippen molar-refractivity contribution >= 4 is 5.69 Å². The van der Waals surface area contributed by atoms with Gasteiger partial charge in [-0.25, -0.2) is 0 Å². The summed E-state index contributed by atoms with van der Waals surface area (Å²) in [5.41, 5.74) is 1.36. The number of nitro benzene ring substituents is 1. The molecule has 2 heterocycles. The highest BCUT2D eigenvalue weighted by Gasteiger charge is 2.26. The maximum absolute atomic E-state index is 10.7. The van der Waals surface area contributed by atoms with E-state index in [0.29, 0.717) is 0 Å². The average molecular weight is 303 g/mol. The Morgan fingerprint density at radius 3 is 2.27 bits per heavy atom. The van der Waals surface area contributed by atoms with E-state index in [9.17, 15) is 10.1 Å². The number of non-ortho nitro benzene ring substituents is 1. The molecule has 2 aliphatic rings. The van der Waals surface area contributed by atoms with Crippen LogP contribution in [0.5, 0.6) is 0 Å². The summed E-state index contributed by atoms with van der Waals surface area (Å²) in [6, 6.07) is 7.78. The molecule has 0 bridgehead atoms. The molecule has 0 saturated carbocycles. The minimum absolute atomic E-state index is 0.176. The molecule has 22 heavy (non-hydrogen) atoms. The number of benzene rings is 1. The highest BCUT2D eigenvalue weighted by Crippen LogP contribution is 2.21. The Morgan fingerprint density at radius 1 is 1.05 bits per heavy atom. The second-order valence-corrected chi connectivity index (χ2v) is 6.49. The zero-order valence-corrected chi connectivity index (χ0v) is 13.1. The molecule has 0 aliphatic carbocycles. The minimum atomic E-state index is -0.340. The molecule has 1 aromatic carbocycles. The summed E-state index contributed by atoms with van der Waals surface area (Å²) >= 11 is 0. The van der Waals surface area contributed by atoms with Crippen molar-refractivity contribution in [1.29, 1.82) is 0 Å². The summed E-state index contributed by atoms with van der Waals surface area (Å²) in [5.74, 6) is 0. The van der Waals surface area contributed by atoms with Gasteiger partial charge in [0.05, 0.1) is 4.92 Å². The van der Waals surface area contributed by atoms with E-state index < -0.39 is 0 Å². The topological polar surface area (TPSA) is 49.6 Å². The molecule has 0 unspecified atom stereocenters. The van der Waals surface area contributed by atoms with Crippen LogP contribution in [-0.4, -0.2) is 53.5 Å². The zero-order chi connectivity index (χ0) is 15.4. The van der Waals surface area contributed by atoms with Crippen molar-refractivity contribution in [1.82, 2.24) is 9.80 Å². The number of hydrogen-bond donors (Lipinski definition) is 0. The lowest BCUT2D eigenvalue weighted by Gasteiger charge is -2.36. The van der Waals surface area contributed by atoms with Crippen molar-refractivity contribution in [2.75, 3.05) is 32.7 Å². The lowest BCUT2D eigenvalue weighted by atomic mass is 10.0. The summed E-state index contributed by atoms with van der Waals surface area (Å²) in [7, 11) is 0. The first-order valence-electron chi connectivity index (χ1n) is 8.42. The molecule has 3 rings (SSSR count). The fourth-order valence-electron chi connectivity index (χ4n) is 3.69. The predicted molar refractivity (Wildman–Crippen MR) is 87.1 cm³/mol. The van der Waals surface area contributed by atoms with Crippen molar-refractivity contribution in [3.63, 3.8) is 0 Å². The van der Waals surface area contributed by atoms with E-state index in [1.807, 2.05) is 12.1 Å². The molecule has 0 atom stereocenters. The van der Waals surface area contributed by atoms with Crippen LogP contribution in [0.4, 0.5) is 5.69 Å². The third-order valence-electron chi connectivity index (χ3n) is 5.08. The van der Waals surface area contributed by atoms with Crippen LogP contribution in [0.3, 0.4) is 0 Å². The fourth-order valence-corrected chi connectivity index (χ4v) is 3.69. The van der Waals surface area contributed by atoms with Crippen molar-refractivity contribution in [2.24, 2.45) is 0 Å². The van der Waals surface area contributed by atoms with Crippen LogP contribution in [0.2, 0.25) is 0 Å². The molecule has 0 amide bonds. The van der Waals surface area contributed by atoms with E-state index in [1.54, 1.807) is 12.1 Å². The fraction of sp³-hybridized carbons (Fsp3) is 0.647. The van der Waals surface area contributed by atoms with Gasteiger partial charge in [-0.3, -0.25) is 10.1 Å². The van der Waals surface area contributed by atoms with Gasteiger partial charge in [-0.1, -0.05) is 12.1 Å². The van der Waals surface area contributed by atoms with E-state index in [4.69, 9.17) is 0 Å². The quantitative estimate of drug-likeness (QED) is 0.620. The Balaban J connectivity index is 1.42. The van der Waals surface area contributed by atoms with Crippen LogP contribution >= 0.6 is 0 Å². The van der Waals surface area contributed by atoms with Gasteiger partial charge in [0.25, 0.3) is 5.69 Å². The van der Waals surface area contributed by atoms with E-state index >= 15 is 0 Å². The maximum atomic E-state index is 10.7. The SMILES string of the molecule is O=[N+]([O-])c1ccc(CCN2CCC(N3CCCC3)CC2)cc1. The summed E-state index contributed by atoms with van der Waals surface area (Å²) in [4.78, 5) is 15.5. The van der Waals surface area contributed by atoms with Gasteiger partial charge in [-0.15, -0.1) is 0 Å². The molecule has 2 saturated heterocycles. The second-order valence-electron chi connectivity index (χ2n) is 6.49. The largest absolute Gasteiger partial charge is 0.303 e. The monoisotopic (exact) mass is 303 g/mol. The smallest absolute Gasteiger partial charge is 0.269 e. The Kier molecular flexibility index (Phi) is 5.05. The Morgan fingerprint density at radius 2 is 1.68 bits per heavy atom. The van der Waals surface area contributed by atoms with Crippen molar-refractivity contribution in [2.45, 2.75) is 38.1 Å². The molecular weight excluding hydrogens is 278 g/mol. The highest BCUT2D eigenvalue weighted by atomic mass is 16.6. The van der Waals surface area contributed by atoms with Crippen molar-refractivity contribution in [3.8, 4) is 0 Å². The van der Waals surface area contributed by atoms with E-state index in [0.717, 1.165) is 19.0 Å². The Bertz CT molecular complexity index is 489. The standard InChI is InChI=1S/C17H25N3O2/c21-20(22)17-5-3-15(4-6-17)7-12-18-13-8-16(9-14-18)19-10-1-2-11-19/h3-6,16H,1-2,7-14H2. The molecular formula is C17H25N3O2. The van der Waals surface area contributed by atoms with Crippen LogP contribution in [0.1, 0.15) is 31.2 Å². The Labute approximate surface area is 132 Å². The van der Waals surface area contributed by atoms with Gasteiger partial charge in [0.15, 0.2) is 0 Å². The molecule has 5 heteroatoms. The van der Waals surface area contributed by atoms with Gasteiger partial charge in [-0.05, 0) is 63.8 Å². The summed E-state index contributed by atoms with van der Waals surface area (Å²) in [6.45, 7) is 6.04. The lowest BCUT2D eigenvalue weighted by molar-refractivity contribution is -0.384. The Hall–Kier alpha value is -1.46. The zero-order valence-electron chi connectivity index (χ0n) is 13.1. The maximum Gasteiger partial charge on any atom is 0.269 e. The van der Waals surface area contributed by atoms with Crippen LogP contribution in [0.15, 0.2) is 24.3 Å². The molecule has 0 spiro atoms. The van der Waals surface area contributed by atoms with Gasteiger partial charge < -0.3 is 9.80 Å². The van der Waals surface area contributed by atoms with Gasteiger partial charge in [-0.2, -0.15) is 0 Å². The first kappa shape index (κ1) is 15.4. The van der Waals surface area contributed by atoms with Crippen LogP contribution in [0.25, 0.3) is 0 Å². The molecule has 0 aromatic heterocycles. The molecule has 0 radical (unpaired) electrons. The van der Waals surface area contributed by atoms with Crippen LogP contribution in [-0.2, 0) is 6.42 Å². The molecule has 120 valence electrons. The van der Waals surface area contributed by atoms with Crippen LogP contribution < -0.4 is 0 Å².